The van der Waals surface area contributed by atoms with E-state index in [1.54, 1.807) is 23.1 Å². The predicted octanol–water partition coefficient (Wildman–Crippen LogP) is 1.11. The molecule has 18 heavy (non-hydrogen) atoms. The van der Waals surface area contributed by atoms with E-state index in [4.69, 9.17) is 28.8 Å². The highest BCUT2D eigenvalue weighted by Crippen LogP contribution is 2.31. The fraction of sp³-hybridized carbons (Fsp3) is 0.273. The molecule has 0 aromatic heterocycles. The maximum Gasteiger partial charge on any atom is 0.220 e. The minimum absolute atomic E-state index is 0.163. The van der Waals surface area contributed by atoms with Crippen molar-refractivity contribution in [2.24, 2.45) is 21.5 Å². The maximum absolute atomic E-state index is 5.91. The maximum atomic E-state index is 5.91. The monoisotopic (exact) mass is 266 g/mol. The Morgan fingerprint density at radius 1 is 1.22 bits per heavy atom. The van der Waals surface area contributed by atoms with Gasteiger partial charge in [0.1, 0.15) is 5.66 Å². The molecular formula is C11H15ClN6. The van der Waals surface area contributed by atoms with Crippen LogP contribution >= 0.6 is 11.6 Å². The summed E-state index contributed by atoms with van der Waals surface area (Å²) < 4.78 is 0. The van der Waals surface area contributed by atoms with E-state index in [2.05, 4.69) is 9.98 Å². The van der Waals surface area contributed by atoms with Crippen LogP contribution in [0, 0.1) is 0 Å². The molecule has 6 N–H and O–H groups in total. The molecule has 0 spiro atoms. The van der Waals surface area contributed by atoms with Gasteiger partial charge in [-0.25, -0.2) is 4.99 Å². The van der Waals surface area contributed by atoms with Crippen LogP contribution in [0.2, 0.25) is 5.02 Å². The van der Waals surface area contributed by atoms with Crippen molar-refractivity contribution in [1.82, 2.24) is 0 Å². The fourth-order valence-electron chi connectivity index (χ4n) is 1.92. The van der Waals surface area contributed by atoms with E-state index in [1.807, 2.05) is 13.8 Å². The first-order valence-electron chi connectivity index (χ1n) is 5.36. The van der Waals surface area contributed by atoms with E-state index < -0.39 is 5.66 Å². The van der Waals surface area contributed by atoms with E-state index in [-0.39, 0.29) is 11.9 Å². The molecule has 6 nitrogen and oxygen atoms in total. The second kappa shape index (κ2) is 4.06. The smallest absolute Gasteiger partial charge is 0.220 e. The van der Waals surface area contributed by atoms with Gasteiger partial charge in [-0.3, -0.25) is 4.90 Å². The van der Waals surface area contributed by atoms with Crippen molar-refractivity contribution >= 4 is 34.9 Å². The Bertz CT molecular complexity index is 548. The Morgan fingerprint density at radius 3 is 2.44 bits per heavy atom. The highest BCUT2D eigenvalue weighted by Gasteiger charge is 2.33. The third kappa shape index (κ3) is 2.06. The molecule has 0 atom stereocenters. The fourth-order valence-corrected chi connectivity index (χ4v) is 2.04. The van der Waals surface area contributed by atoms with Gasteiger partial charge in [0.25, 0.3) is 0 Å². The highest BCUT2D eigenvalue weighted by atomic mass is 35.5. The summed E-state index contributed by atoms with van der Waals surface area (Å²) in [5, 5.41) is 0.493. The molecule has 1 aromatic carbocycles. The van der Waals surface area contributed by atoms with E-state index in [1.165, 1.54) is 0 Å². The van der Waals surface area contributed by atoms with E-state index in [0.717, 1.165) is 5.69 Å². The number of nitrogens with two attached hydrogens (primary N) is 3. The molecule has 1 aliphatic rings. The van der Waals surface area contributed by atoms with Gasteiger partial charge in [-0.2, -0.15) is 4.99 Å². The largest absolute Gasteiger partial charge is 0.397 e. The molecule has 0 saturated carbocycles. The van der Waals surface area contributed by atoms with Crippen LogP contribution in [0.1, 0.15) is 13.8 Å². The summed E-state index contributed by atoms with van der Waals surface area (Å²) in [5.41, 5.74) is 17.9. The predicted molar refractivity (Wildman–Crippen MR) is 75.7 cm³/mol. The van der Waals surface area contributed by atoms with Crippen molar-refractivity contribution in [1.29, 1.82) is 0 Å². The van der Waals surface area contributed by atoms with Crippen LogP contribution in [0.4, 0.5) is 11.4 Å². The Hall–Kier alpha value is -1.95. The molecule has 2 rings (SSSR count). The Balaban J connectivity index is 2.50. The van der Waals surface area contributed by atoms with Gasteiger partial charge < -0.3 is 17.2 Å². The van der Waals surface area contributed by atoms with Crippen molar-refractivity contribution in [2.75, 3.05) is 10.6 Å². The van der Waals surface area contributed by atoms with Crippen LogP contribution in [0.3, 0.4) is 0 Å². The molecule has 0 unspecified atom stereocenters. The molecular weight excluding hydrogens is 252 g/mol. The molecule has 96 valence electrons. The molecule has 0 saturated heterocycles. The third-order valence-corrected chi connectivity index (χ3v) is 2.98. The van der Waals surface area contributed by atoms with Gasteiger partial charge in [-0.1, -0.05) is 11.6 Å². The zero-order valence-electron chi connectivity index (χ0n) is 10.2. The number of halogens is 1. The Labute approximate surface area is 110 Å². The average molecular weight is 267 g/mol. The molecule has 0 bridgehead atoms. The number of guanidine groups is 2. The number of aliphatic imine (C=N–C) groups is 2. The SMILES string of the molecule is CC1(C)N=C(N)N=C(N)N1c1ccc(Cl)c(N)c1. The molecule has 0 aliphatic carbocycles. The number of rotatable bonds is 1. The van der Waals surface area contributed by atoms with Crippen molar-refractivity contribution in [3.63, 3.8) is 0 Å². The molecule has 1 aliphatic heterocycles. The Kier molecular flexibility index (Phi) is 2.82. The van der Waals surface area contributed by atoms with Crippen molar-refractivity contribution < 1.29 is 0 Å². The summed E-state index contributed by atoms with van der Waals surface area (Å²) >= 11 is 5.90. The minimum Gasteiger partial charge on any atom is -0.397 e. The van der Waals surface area contributed by atoms with Gasteiger partial charge in [0.05, 0.1) is 10.7 Å². The van der Waals surface area contributed by atoms with Gasteiger partial charge in [0, 0.05) is 5.69 Å². The second-order valence-electron chi connectivity index (χ2n) is 4.48. The molecule has 1 heterocycles. The summed E-state index contributed by atoms with van der Waals surface area (Å²) in [6.45, 7) is 3.76. The number of nitrogen functional groups attached to an aromatic ring is 1. The first-order valence-corrected chi connectivity index (χ1v) is 5.74. The summed E-state index contributed by atoms with van der Waals surface area (Å²) in [5.74, 6) is 0.435. The van der Waals surface area contributed by atoms with Crippen molar-refractivity contribution in [3.8, 4) is 0 Å². The van der Waals surface area contributed by atoms with Crippen LogP contribution in [0.25, 0.3) is 0 Å². The van der Waals surface area contributed by atoms with Crippen LogP contribution in [0.5, 0.6) is 0 Å². The van der Waals surface area contributed by atoms with Crippen molar-refractivity contribution in [3.05, 3.63) is 23.2 Å². The number of hydrogen-bond acceptors (Lipinski definition) is 6. The van der Waals surface area contributed by atoms with Crippen LogP contribution in [-0.4, -0.2) is 17.6 Å². The normalized spacial score (nSPS) is 18.3. The quantitative estimate of drug-likeness (QED) is 0.662. The van der Waals surface area contributed by atoms with Gasteiger partial charge in [-0.05, 0) is 32.0 Å². The lowest BCUT2D eigenvalue weighted by Crippen LogP contribution is -2.54. The number of anilines is 2. The topological polar surface area (TPSA) is 106 Å². The Morgan fingerprint density at radius 2 is 1.89 bits per heavy atom. The number of hydrogen-bond donors (Lipinski definition) is 3. The molecule has 0 radical (unpaired) electrons. The van der Waals surface area contributed by atoms with E-state index >= 15 is 0 Å². The number of benzene rings is 1. The van der Waals surface area contributed by atoms with Crippen molar-refractivity contribution in [2.45, 2.75) is 19.5 Å². The van der Waals surface area contributed by atoms with Gasteiger partial charge in [0.2, 0.25) is 11.9 Å². The van der Waals surface area contributed by atoms with Crippen LogP contribution < -0.4 is 22.1 Å². The molecule has 0 fully saturated rings. The summed E-state index contributed by atoms with van der Waals surface area (Å²) in [6.07, 6.45) is 0. The van der Waals surface area contributed by atoms with E-state index in [9.17, 15) is 0 Å². The van der Waals surface area contributed by atoms with Crippen LogP contribution in [0.15, 0.2) is 28.2 Å². The van der Waals surface area contributed by atoms with Crippen LogP contribution in [-0.2, 0) is 0 Å². The highest BCUT2D eigenvalue weighted by molar-refractivity contribution is 6.33. The van der Waals surface area contributed by atoms with Gasteiger partial charge in [0.15, 0.2) is 0 Å². The lowest BCUT2D eigenvalue weighted by atomic mass is 10.1. The zero-order valence-corrected chi connectivity index (χ0v) is 10.9. The zero-order chi connectivity index (χ0) is 13.5. The lowest BCUT2D eigenvalue weighted by Gasteiger charge is -2.38. The number of nitrogens with zero attached hydrogens (tertiary/aromatic N) is 3. The average Bonchev–Trinajstić information content (AvgIpc) is 2.20. The second-order valence-corrected chi connectivity index (χ2v) is 4.88. The molecule has 7 heteroatoms. The van der Waals surface area contributed by atoms with Gasteiger partial charge in [-0.15, -0.1) is 0 Å². The lowest BCUT2D eigenvalue weighted by molar-refractivity contribution is 0.534. The summed E-state index contributed by atoms with van der Waals surface area (Å²) in [7, 11) is 0. The standard InChI is InChI=1S/C11H15ClN6/c1-11(2)17-9(14)16-10(15)18(11)6-3-4-7(12)8(13)5-6/h3-5H,13H2,1-2H3,(H4,14,15,16,17). The van der Waals surface area contributed by atoms with Gasteiger partial charge >= 0.3 is 0 Å². The minimum atomic E-state index is -0.629. The first kappa shape index (κ1) is 12.5. The first-order chi connectivity index (χ1) is 8.31. The summed E-state index contributed by atoms with van der Waals surface area (Å²) in [4.78, 5) is 9.96. The molecule has 1 aromatic rings. The third-order valence-electron chi connectivity index (χ3n) is 2.63. The molecule has 0 amide bonds. The van der Waals surface area contributed by atoms with E-state index in [0.29, 0.717) is 10.7 Å². The summed E-state index contributed by atoms with van der Waals surface area (Å²) in [6, 6.07) is 5.24.